The van der Waals surface area contributed by atoms with Crippen LogP contribution in [-0.2, 0) is 19.9 Å². The van der Waals surface area contributed by atoms with Gasteiger partial charge in [-0.15, -0.1) is 0 Å². The molecule has 2 unspecified atom stereocenters. The van der Waals surface area contributed by atoms with Gasteiger partial charge in [0, 0.05) is 36.8 Å². The zero-order valence-corrected chi connectivity index (χ0v) is 9.82. The number of rotatable bonds is 1. The van der Waals surface area contributed by atoms with E-state index in [9.17, 15) is 0 Å². The monoisotopic (exact) mass is 205 g/mol. The Morgan fingerprint density at radius 1 is 1.33 bits per heavy atom. The third-order valence-electron chi connectivity index (χ3n) is 4.22. The maximum Gasteiger partial charge on any atom is 0.0672 e. The third kappa shape index (κ3) is 1.13. The van der Waals surface area contributed by atoms with Gasteiger partial charge in [-0.3, -0.25) is 9.58 Å². The van der Waals surface area contributed by atoms with Gasteiger partial charge in [0.1, 0.15) is 0 Å². The summed E-state index contributed by atoms with van der Waals surface area (Å²) in [5.74, 6) is 0. The zero-order valence-electron chi connectivity index (χ0n) is 9.82. The van der Waals surface area contributed by atoms with Crippen LogP contribution in [0.15, 0.2) is 0 Å². The molecule has 0 radical (unpaired) electrons. The molecule has 1 aromatic heterocycles. The van der Waals surface area contributed by atoms with Gasteiger partial charge in [-0.2, -0.15) is 5.10 Å². The van der Waals surface area contributed by atoms with Crippen molar-refractivity contribution in [2.75, 3.05) is 7.05 Å². The molecule has 3 nitrogen and oxygen atoms in total. The Balaban J connectivity index is 2.15. The minimum Gasteiger partial charge on any atom is -0.296 e. The molecule has 82 valence electrons. The molecule has 2 aliphatic heterocycles. The Hall–Kier alpha value is -0.830. The van der Waals surface area contributed by atoms with E-state index in [2.05, 4.69) is 35.7 Å². The van der Waals surface area contributed by atoms with Crippen LogP contribution in [0.4, 0.5) is 0 Å². The number of fused-ring (bicyclic) bond motifs is 4. The molecular weight excluding hydrogens is 186 g/mol. The smallest absolute Gasteiger partial charge is 0.0672 e. The lowest BCUT2D eigenvalue weighted by Gasteiger charge is -2.31. The first-order valence-electron chi connectivity index (χ1n) is 5.99. The third-order valence-corrected chi connectivity index (χ3v) is 4.22. The molecule has 2 atom stereocenters. The summed E-state index contributed by atoms with van der Waals surface area (Å²) in [4.78, 5) is 2.56. The van der Waals surface area contributed by atoms with Crippen LogP contribution in [0.2, 0.25) is 0 Å². The van der Waals surface area contributed by atoms with Crippen molar-refractivity contribution in [1.29, 1.82) is 0 Å². The highest BCUT2D eigenvalue weighted by atomic mass is 15.3. The molecule has 2 bridgehead atoms. The molecule has 0 spiro atoms. The Kier molecular flexibility index (Phi) is 1.93. The van der Waals surface area contributed by atoms with Crippen molar-refractivity contribution in [2.45, 2.75) is 44.7 Å². The molecule has 3 heteroatoms. The van der Waals surface area contributed by atoms with Crippen molar-refractivity contribution in [3.05, 3.63) is 17.0 Å². The first-order valence-corrected chi connectivity index (χ1v) is 5.99. The van der Waals surface area contributed by atoms with Gasteiger partial charge in [-0.25, -0.2) is 0 Å². The van der Waals surface area contributed by atoms with Crippen molar-refractivity contribution >= 4 is 0 Å². The van der Waals surface area contributed by atoms with E-state index in [1.807, 2.05) is 0 Å². The average molecular weight is 205 g/mol. The van der Waals surface area contributed by atoms with Gasteiger partial charge in [-0.05, 0) is 26.3 Å². The summed E-state index contributed by atoms with van der Waals surface area (Å²) in [7, 11) is 4.38. The van der Waals surface area contributed by atoms with Gasteiger partial charge in [0.25, 0.3) is 0 Å². The molecule has 2 aliphatic rings. The Morgan fingerprint density at radius 2 is 2.13 bits per heavy atom. The Labute approximate surface area is 91.1 Å². The summed E-state index contributed by atoms with van der Waals surface area (Å²) in [6.07, 6.45) is 4.95. The van der Waals surface area contributed by atoms with E-state index in [4.69, 9.17) is 0 Å². The highest BCUT2D eigenvalue weighted by Gasteiger charge is 2.40. The fourth-order valence-corrected chi connectivity index (χ4v) is 3.35. The summed E-state index contributed by atoms with van der Waals surface area (Å²) in [5, 5.41) is 4.65. The van der Waals surface area contributed by atoms with Gasteiger partial charge in [-0.1, -0.05) is 6.92 Å². The lowest BCUT2D eigenvalue weighted by molar-refractivity contribution is 0.221. The number of nitrogens with zero attached hydrogens (tertiary/aromatic N) is 3. The standard InChI is InChI=1S/C12H19N3/c1-4-9-12-10-6-5-8(14(10)2)7-11(12)15(3)13-9/h8,10H,4-7H2,1-3H3. The highest BCUT2D eigenvalue weighted by Crippen LogP contribution is 2.43. The van der Waals surface area contributed by atoms with Crippen LogP contribution in [0.25, 0.3) is 0 Å². The number of aromatic nitrogens is 2. The molecule has 1 fully saturated rings. The van der Waals surface area contributed by atoms with E-state index < -0.39 is 0 Å². The molecular formula is C12H19N3. The minimum atomic E-state index is 0.655. The summed E-state index contributed by atoms with van der Waals surface area (Å²) in [5.41, 5.74) is 4.37. The minimum absolute atomic E-state index is 0.655. The average Bonchev–Trinajstić information content (AvgIpc) is 2.65. The van der Waals surface area contributed by atoms with Gasteiger partial charge in [0.15, 0.2) is 0 Å². The van der Waals surface area contributed by atoms with Crippen LogP contribution < -0.4 is 0 Å². The number of hydrogen-bond acceptors (Lipinski definition) is 2. The molecule has 0 aromatic carbocycles. The Morgan fingerprint density at radius 3 is 2.87 bits per heavy atom. The van der Waals surface area contributed by atoms with Crippen LogP contribution in [0.1, 0.15) is 42.8 Å². The maximum atomic E-state index is 4.65. The fourth-order valence-electron chi connectivity index (χ4n) is 3.35. The second-order valence-electron chi connectivity index (χ2n) is 4.90. The second kappa shape index (κ2) is 3.08. The van der Waals surface area contributed by atoms with E-state index in [1.54, 1.807) is 5.56 Å². The number of hydrogen-bond donors (Lipinski definition) is 0. The molecule has 0 amide bonds. The van der Waals surface area contributed by atoms with E-state index in [0.29, 0.717) is 6.04 Å². The summed E-state index contributed by atoms with van der Waals surface area (Å²) in [6, 6.07) is 1.42. The van der Waals surface area contributed by atoms with Crippen molar-refractivity contribution in [2.24, 2.45) is 7.05 Å². The van der Waals surface area contributed by atoms with Crippen molar-refractivity contribution in [1.82, 2.24) is 14.7 Å². The zero-order chi connectivity index (χ0) is 10.6. The predicted molar refractivity (Wildman–Crippen MR) is 59.8 cm³/mol. The van der Waals surface area contributed by atoms with Crippen molar-refractivity contribution in [3.8, 4) is 0 Å². The van der Waals surface area contributed by atoms with Gasteiger partial charge in [0.2, 0.25) is 0 Å². The molecule has 0 aliphatic carbocycles. The highest BCUT2D eigenvalue weighted by molar-refractivity contribution is 5.35. The molecule has 1 aromatic rings. The van der Waals surface area contributed by atoms with Crippen LogP contribution >= 0.6 is 0 Å². The summed E-state index contributed by atoms with van der Waals surface area (Å²) >= 11 is 0. The van der Waals surface area contributed by atoms with Crippen LogP contribution in [-0.4, -0.2) is 27.8 Å². The molecule has 0 N–H and O–H groups in total. The number of likely N-dealkylation sites (N-methyl/N-ethyl adjacent to an activating group) is 1. The normalized spacial score (nSPS) is 29.5. The lowest BCUT2D eigenvalue weighted by Crippen LogP contribution is -2.34. The van der Waals surface area contributed by atoms with E-state index >= 15 is 0 Å². The summed E-state index contributed by atoms with van der Waals surface area (Å²) < 4.78 is 2.12. The Bertz CT molecular complexity index is 394. The first kappa shape index (κ1) is 9.40. The van der Waals surface area contributed by atoms with E-state index in [-0.39, 0.29) is 0 Å². The fraction of sp³-hybridized carbons (Fsp3) is 0.750. The molecule has 15 heavy (non-hydrogen) atoms. The van der Waals surface area contributed by atoms with Crippen LogP contribution in [0.3, 0.4) is 0 Å². The van der Waals surface area contributed by atoms with Gasteiger partial charge < -0.3 is 0 Å². The molecule has 3 heterocycles. The number of aryl methyl sites for hydroxylation is 2. The first-order chi connectivity index (χ1) is 7.22. The summed E-state index contributed by atoms with van der Waals surface area (Å²) in [6.45, 7) is 2.21. The van der Waals surface area contributed by atoms with Crippen LogP contribution in [0, 0.1) is 0 Å². The lowest BCUT2D eigenvalue weighted by atomic mass is 9.97. The van der Waals surface area contributed by atoms with E-state index in [0.717, 1.165) is 12.5 Å². The predicted octanol–water partition coefficient (Wildman–Crippen LogP) is 1.67. The SMILES string of the molecule is CCc1nn(C)c2c1C1CCC(C2)N1C. The van der Waals surface area contributed by atoms with Crippen molar-refractivity contribution < 1.29 is 0 Å². The van der Waals surface area contributed by atoms with Crippen molar-refractivity contribution in [3.63, 3.8) is 0 Å². The van der Waals surface area contributed by atoms with Gasteiger partial charge >= 0.3 is 0 Å². The van der Waals surface area contributed by atoms with Gasteiger partial charge in [0.05, 0.1) is 5.69 Å². The molecule has 0 saturated carbocycles. The van der Waals surface area contributed by atoms with Crippen LogP contribution in [0.5, 0.6) is 0 Å². The quantitative estimate of drug-likeness (QED) is 0.695. The maximum absolute atomic E-state index is 4.65. The molecule has 1 saturated heterocycles. The largest absolute Gasteiger partial charge is 0.296 e. The topological polar surface area (TPSA) is 21.1 Å². The van der Waals surface area contributed by atoms with E-state index in [1.165, 1.54) is 30.7 Å². The molecule has 3 rings (SSSR count). The second-order valence-corrected chi connectivity index (χ2v) is 4.90.